The van der Waals surface area contributed by atoms with Gasteiger partial charge >= 0.3 is 0 Å². The van der Waals surface area contributed by atoms with Crippen LogP contribution in [0.4, 0.5) is 0 Å². The maximum Gasteiger partial charge on any atom is 0.222 e. The number of aromatic nitrogens is 4. The molecule has 6 heteroatoms. The summed E-state index contributed by atoms with van der Waals surface area (Å²) in [6.45, 7) is 1.23. The number of carbonyl (C=O) groups excluding carboxylic acids is 1. The van der Waals surface area contributed by atoms with Crippen molar-refractivity contribution in [2.24, 2.45) is 0 Å². The van der Waals surface area contributed by atoms with Crippen LogP contribution in [0, 0.1) is 0 Å². The molecule has 0 aliphatic heterocycles. The molecule has 0 unspecified atom stereocenters. The van der Waals surface area contributed by atoms with Crippen LogP contribution in [0.1, 0.15) is 18.0 Å². The Morgan fingerprint density at radius 2 is 2.00 bits per heavy atom. The van der Waals surface area contributed by atoms with Crippen LogP contribution in [-0.4, -0.2) is 25.2 Å². The van der Waals surface area contributed by atoms with Crippen molar-refractivity contribution in [1.82, 2.24) is 24.6 Å². The van der Waals surface area contributed by atoms with E-state index in [1.165, 1.54) is 0 Å². The van der Waals surface area contributed by atoms with Crippen LogP contribution in [-0.2, 0) is 17.9 Å². The van der Waals surface area contributed by atoms with Gasteiger partial charge in [-0.1, -0.05) is 30.3 Å². The molecule has 0 radical (unpaired) electrons. The summed E-state index contributed by atoms with van der Waals surface area (Å²) in [4.78, 5) is 16.3. The molecule has 0 fully saturated rings. The maximum absolute atomic E-state index is 12.3. The molecule has 1 aromatic carbocycles. The summed E-state index contributed by atoms with van der Waals surface area (Å²) in [6, 6.07) is 11.7. The van der Waals surface area contributed by atoms with E-state index in [0.29, 0.717) is 19.5 Å². The van der Waals surface area contributed by atoms with Crippen LogP contribution >= 0.6 is 0 Å². The minimum absolute atomic E-state index is 0.00877. The van der Waals surface area contributed by atoms with Crippen molar-refractivity contribution in [2.75, 3.05) is 0 Å². The Morgan fingerprint density at radius 3 is 2.70 bits per heavy atom. The summed E-state index contributed by atoms with van der Waals surface area (Å²) in [7, 11) is 0. The topological polar surface area (TPSA) is 64.7 Å². The van der Waals surface area contributed by atoms with E-state index in [0.717, 1.165) is 5.56 Å². The number of hydrogen-bond acceptors (Lipinski definition) is 3. The van der Waals surface area contributed by atoms with E-state index < -0.39 is 0 Å². The molecule has 1 N–H and O–H groups in total. The van der Waals surface area contributed by atoms with E-state index in [4.69, 9.17) is 0 Å². The van der Waals surface area contributed by atoms with Crippen molar-refractivity contribution in [1.29, 1.82) is 0 Å². The fraction of sp³-hybridized carbons (Fsp3) is 0.235. The highest BCUT2D eigenvalue weighted by molar-refractivity contribution is 5.76. The molecule has 3 rings (SSSR count). The number of imidazole rings is 1. The third kappa shape index (κ3) is 4.29. The summed E-state index contributed by atoms with van der Waals surface area (Å²) < 4.78 is 3.72. The largest absolute Gasteiger partial charge is 0.347 e. The van der Waals surface area contributed by atoms with E-state index in [-0.39, 0.29) is 11.9 Å². The highest BCUT2D eigenvalue weighted by atomic mass is 16.1. The van der Waals surface area contributed by atoms with Crippen LogP contribution in [0.15, 0.2) is 67.5 Å². The molecule has 3 aromatic rings. The lowest BCUT2D eigenvalue weighted by atomic mass is 10.1. The third-order valence-electron chi connectivity index (χ3n) is 3.62. The quantitative estimate of drug-likeness (QED) is 0.726. The van der Waals surface area contributed by atoms with Gasteiger partial charge in [0.25, 0.3) is 0 Å². The van der Waals surface area contributed by atoms with Crippen LogP contribution in [0.3, 0.4) is 0 Å². The summed E-state index contributed by atoms with van der Waals surface area (Å²) in [5, 5.41) is 7.22. The van der Waals surface area contributed by atoms with Crippen molar-refractivity contribution in [3.05, 3.63) is 73.1 Å². The molecule has 0 aliphatic rings. The number of aryl methyl sites for hydroxylation is 1. The number of nitrogens with zero attached hydrogens (tertiary/aromatic N) is 4. The van der Waals surface area contributed by atoms with Crippen molar-refractivity contribution < 1.29 is 4.79 Å². The lowest BCUT2D eigenvalue weighted by molar-refractivity contribution is -0.122. The van der Waals surface area contributed by atoms with E-state index in [2.05, 4.69) is 15.4 Å². The monoisotopic (exact) mass is 309 g/mol. The van der Waals surface area contributed by atoms with Crippen LogP contribution in [0.5, 0.6) is 0 Å². The summed E-state index contributed by atoms with van der Waals surface area (Å²) in [5.74, 6) is 0.00877. The normalized spacial score (nSPS) is 12.0. The maximum atomic E-state index is 12.3. The van der Waals surface area contributed by atoms with Crippen molar-refractivity contribution >= 4 is 5.91 Å². The Balaban J connectivity index is 1.64. The molecule has 23 heavy (non-hydrogen) atoms. The standard InChI is InChI=1S/C17H19N5O/c23-17(7-11-22-10-4-8-19-22)20-16(13-21-12-9-18-14-21)15-5-2-1-3-6-15/h1-6,8-10,12,14,16H,7,11,13H2,(H,20,23)/t16-/m0/s1. The second-order valence-corrected chi connectivity index (χ2v) is 5.31. The zero-order valence-electron chi connectivity index (χ0n) is 12.7. The Kier molecular flexibility index (Phi) is 4.83. The first kappa shape index (κ1) is 15.0. The van der Waals surface area contributed by atoms with Gasteiger partial charge in [-0.05, 0) is 11.6 Å². The van der Waals surface area contributed by atoms with Gasteiger partial charge in [0.05, 0.1) is 12.4 Å². The first-order chi connectivity index (χ1) is 11.3. The Bertz CT molecular complexity index is 707. The van der Waals surface area contributed by atoms with Gasteiger partial charge in [0.1, 0.15) is 0 Å². The van der Waals surface area contributed by atoms with Crippen molar-refractivity contribution in [2.45, 2.75) is 25.6 Å². The second kappa shape index (κ2) is 7.40. The summed E-state index contributed by atoms with van der Waals surface area (Å²) in [6.07, 6.45) is 9.35. The summed E-state index contributed by atoms with van der Waals surface area (Å²) in [5.41, 5.74) is 1.08. The van der Waals surface area contributed by atoms with Crippen molar-refractivity contribution in [3.63, 3.8) is 0 Å². The van der Waals surface area contributed by atoms with E-state index in [9.17, 15) is 4.79 Å². The number of nitrogens with one attached hydrogen (secondary N) is 1. The Labute approximate surface area is 134 Å². The van der Waals surface area contributed by atoms with Gasteiger partial charge in [-0.2, -0.15) is 5.10 Å². The van der Waals surface area contributed by atoms with Gasteiger partial charge in [0.15, 0.2) is 0 Å². The van der Waals surface area contributed by atoms with Crippen LogP contribution < -0.4 is 5.32 Å². The number of benzene rings is 1. The minimum atomic E-state index is -0.0875. The molecule has 0 saturated carbocycles. The van der Waals surface area contributed by atoms with Crippen molar-refractivity contribution in [3.8, 4) is 0 Å². The lowest BCUT2D eigenvalue weighted by Gasteiger charge is -2.20. The highest BCUT2D eigenvalue weighted by Crippen LogP contribution is 2.15. The molecule has 1 amide bonds. The number of hydrogen-bond donors (Lipinski definition) is 1. The van der Waals surface area contributed by atoms with Gasteiger partial charge < -0.3 is 9.88 Å². The molecule has 0 bridgehead atoms. The molecule has 6 nitrogen and oxygen atoms in total. The first-order valence-electron chi connectivity index (χ1n) is 7.59. The molecule has 118 valence electrons. The third-order valence-corrected chi connectivity index (χ3v) is 3.62. The SMILES string of the molecule is O=C(CCn1cccn1)N[C@@H](Cn1ccnc1)c1ccccc1. The average molecular weight is 309 g/mol. The zero-order chi connectivity index (χ0) is 15.9. The predicted molar refractivity (Wildman–Crippen MR) is 86.4 cm³/mol. The molecule has 1 atom stereocenters. The van der Waals surface area contributed by atoms with Crippen LogP contribution in [0.2, 0.25) is 0 Å². The number of rotatable bonds is 7. The predicted octanol–water partition coefficient (Wildman–Crippen LogP) is 2.03. The van der Waals surface area contributed by atoms with Gasteiger partial charge in [-0.15, -0.1) is 0 Å². The molecule has 2 aromatic heterocycles. The number of carbonyl (C=O) groups is 1. The van der Waals surface area contributed by atoms with Crippen LogP contribution in [0.25, 0.3) is 0 Å². The first-order valence-corrected chi connectivity index (χ1v) is 7.59. The van der Waals surface area contributed by atoms with Gasteiger partial charge in [0.2, 0.25) is 5.91 Å². The molecule has 0 saturated heterocycles. The van der Waals surface area contributed by atoms with E-state index in [1.807, 2.05) is 53.4 Å². The average Bonchev–Trinajstić information content (AvgIpc) is 3.27. The van der Waals surface area contributed by atoms with E-state index >= 15 is 0 Å². The zero-order valence-corrected chi connectivity index (χ0v) is 12.7. The van der Waals surface area contributed by atoms with Gasteiger partial charge in [0, 0.05) is 44.3 Å². The van der Waals surface area contributed by atoms with E-state index in [1.54, 1.807) is 23.4 Å². The fourth-order valence-corrected chi connectivity index (χ4v) is 2.44. The molecular formula is C17H19N5O. The number of amides is 1. The van der Waals surface area contributed by atoms with Gasteiger partial charge in [-0.3, -0.25) is 9.48 Å². The highest BCUT2D eigenvalue weighted by Gasteiger charge is 2.15. The molecule has 0 aliphatic carbocycles. The lowest BCUT2D eigenvalue weighted by Crippen LogP contribution is -2.31. The summed E-state index contributed by atoms with van der Waals surface area (Å²) >= 11 is 0. The Morgan fingerprint density at radius 1 is 1.13 bits per heavy atom. The fourth-order valence-electron chi connectivity index (χ4n) is 2.44. The molecular weight excluding hydrogens is 290 g/mol. The Hall–Kier alpha value is -2.89. The minimum Gasteiger partial charge on any atom is -0.347 e. The van der Waals surface area contributed by atoms with Gasteiger partial charge in [-0.25, -0.2) is 4.98 Å². The smallest absolute Gasteiger partial charge is 0.222 e. The second-order valence-electron chi connectivity index (χ2n) is 5.31. The molecule has 0 spiro atoms. The molecule has 2 heterocycles.